The Labute approximate surface area is 95.8 Å². The van der Waals surface area contributed by atoms with Crippen LogP contribution in [0.4, 0.5) is 0 Å². The molecular formula is C10H19NO4S. The third-order valence-corrected chi connectivity index (χ3v) is 5.42. The molecule has 5 unspecified atom stereocenters. The van der Waals surface area contributed by atoms with Crippen molar-refractivity contribution in [1.82, 2.24) is 0 Å². The van der Waals surface area contributed by atoms with E-state index in [1.54, 1.807) is 0 Å². The Kier molecular flexibility index (Phi) is 3.27. The molecule has 0 aromatic heterocycles. The Hall–Kier alpha value is -0.170. The van der Waals surface area contributed by atoms with Crippen LogP contribution < -0.4 is 5.73 Å². The molecule has 2 fully saturated rings. The van der Waals surface area contributed by atoms with Gasteiger partial charge in [0, 0.05) is 6.04 Å². The van der Waals surface area contributed by atoms with Crippen molar-refractivity contribution in [2.75, 3.05) is 0 Å². The van der Waals surface area contributed by atoms with Crippen molar-refractivity contribution in [3.63, 3.8) is 0 Å². The minimum atomic E-state index is -4.04. The Morgan fingerprint density at radius 3 is 2.25 bits per heavy atom. The predicted octanol–water partition coefficient (Wildman–Crippen LogP) is 0.141. The molecule has 2 aliphatic rings. The van der Waals surface area contributed by atoms with Gasteiger partial charge in [0.05, 0.1) is 11.4 Å². The summed E-state index contributed by atoms with van der Waals surface area (Å²) < 4.78 is 31.8. The molecule has 0 aromatic rings. The second kappa shape index (κ2) is 4.25. The van der Waals surface area contributed by atoms with Crippen LogP contribution in [-0.4, -0.2) is 35.5 Å². The van der Waals surface area contributed by atoms with Gasteiger partial charge >= 0.3 is 0 Å². The summed E-state index contributed by atoms with van der Waals surface area (Å²) in [6.45, 7) is 0. The third kappa shape index (κ3) is 2.11. The lowest BCUT2D eigenvalue weighted by molar-refractivity contribution is -0.00305. The van der Waals surface area contributed by atoms with Crippen LogP contribution in [0.2, 0.25) is 0 Å². The first-order valence-corrected chi connectivity index (χ1v) is 7.31. The van der Waals surface area contributed by atoms with Crippen molar-refractivity contribution in [3.05, 3.63) is 0 Å². The van der Waals surface area contributed by atoms with E-state index in [4.69, 9.17) is 5.73 Å². The number of fused-ring (bicyclic) bond motifs is 1. The lowest BCUT2D eigenvalue weighted by atomic mass is 9.67. The maximum Gasteiger partial charge on any atom is 0.268 e. The van der Waals surface area contributed by atoms with Gasteiger partial charge in [-0.15, -0.1) is 0 Å². The van der Waals surface area contributed by atoms with Gasteiger partial charge in [0.25, 0.3) is 10.1 Å². The Morgan fingerprint density at radius 2 is 1.69 bits per heavy atom. The highest BCUT2D eigenvalue weighted by Crippen LogP contribution is 2.42. The van der Waals surface area contributed by atoms with Crippen LogP contribution in [0, 0.1) is 11.8 Å². The number of nitrogens with two attached hydrogens (primary N) is 1. The fourth-order valence-corrected chi connectivity index (χ4v) is 4.56. The van der Waals surface area contributed by atoms with E-state index in [1.165, 1.54) is 0 Å². The topological polar surface area (TPSA) is 101 Å². The second-order valence-corrected chi connectivity index (χ2v) is 6.69. The zero-order chi connectivity index (χ0) is 11.9. The number of hydrogen-bond acceptors (Lipinski definition) is 4. The van der Waals surface area contributed by atoms with Gasteiger partial charge in [-0.05, 0) is 31.1 Å². The Bertz CT molecular complexity index is 356. The molecule has 4 N–H and O–H groups in total. The van der Waals surface area contributed by atoms with E-state index in [2.05, 4.69) is 0 Å². The number of rotatable bonds is 1. The average Bonchev–Trinajstić information content (AvgIpc) is 2.22. The molecule has 0 aliphatic heterocycles. The molecular weight excluding hydrogens is 230 g/mol. The highest BCUT2D eigenvalue weighted by Gasteiger charge is 2.48. The van der Waals surface area contributed by atoms with Crippen molar-refractivity contribution in [1.29, 1.82) is 0 Å². The molecule has 0 radical (unpaired) electrons. The van der Waals surface area contributed by atoms with Crippen molar-refractivity contribution >= 4 is 10.1 Å². The van der Waals surface area contributed by atoms with Crippen molar-refractivity contribution in [2.24, 2.45) is 17.6 Å². The van der Waals surface area contributed by atoms with E-state index in [0.29, 0.717) is 0 Å². The Balaban J connectivity index is 2.27. The van der Waals surface area contributed by atoms with E-state index in [9.17, 15) is 18.1 Å². The molecule has 0 spiro atoms. The first-order valence-electron chi connectivity index (χ1n) is 5.81. The molecule has 5 atom stereocenters. The standard InChI is InChI=1S/C10H19NO4S/c11-8-5-9(16(13,14)15)6-3-1-2-4-7(6)10(8)12/h6-10,12H,1-5,11H2,(H,13,14,15). The quantitative estimate of drug-likeness (QED) is 0.574. The molecule has 5 nitrogen and oxygen atoms in total. The fraction of sp³-hybridized carbons (Fsp3) is 1.00. The summed E-state index contributed by atoms with van der Waals surface area (Å²) in [5.41, 5.74) is 5.75. The second-order valence-electron chi connectivity index (χ2n) is 5.06. The highest BCUT2D eigenvalue weighted by atomic mass is 32.2. The third-order valence-electron chi connectivity index (χ3n) is 4.12. The van der Waals surface area contributed by atoms with Crippen LogP contribution in [0.15, 0.2) is 0 Å². The summed E-state index contributed by atoms with van der Waals surface area (Å²) in [6, 6.07) is -0.536. The van der Waals surface area contributed by atoms with E-state index < -0.39 is 27.5 Å². The summed E-state index contributed by atoms with van der Waals surface area (Å²) in [7, 11) is -4.04. The maximum absolute atomic E-state index is 11.3. The van der Waals surface area contributed by atoms with Crippen LogP contribution >= 0.6 is 0 Å². The lowest BCUT2D eigenvalue weighted by Crippen LogP contribution is -2.55. The molecule has 16 heavy (non-hydrogen) atoms. The molecule has 94 valence electrons. The van der Waals surface area contributed by atoms with Crippen LogP contribution in [0.3, 0.4) is 0 Å². The van der Waals surface area contributed by atoms with Crippen LogP contribution in [0.5, 0.6) is 0 Å². The first kappa shape index (κ1) is 12.3. The smallest absolute Gasteiger partial charge is 0.268 e. The first-order chi connectivity index (χ1) is 7.41. The van der Waals surface area contributed by atoms with Crippen molar-refractivity contribution in [3.8, 4) is 0 Å². The van der Waals surface area contributed by atoms with E-state index in [-0.39, 0.29) is 18.3 Å². The molecule has 6 heteroatoms. The minimum absolute atomic E-state index is 0.0653. The summed E-state index contributed by atoms with van der Waals surface area (Å²) >= 11 is 0. The van der Waals surface area contributed by atoms with Crippen LogP contribution in [0.25, 0.3) is 0 Å². The predicted molar refractivity (Wildman–Crippen MR) is 59.4 cm³/mol. The van der Waals surface area contributed by atoms with Gasteiger partial charge in [-0.3, -0.25) is 4.55 Å². The molecule has 2 saturated carbocycles. The Morgan fingerprint density at radius 1 is 1.12 bits per heavy atom. The van der Waals surface area contributed by atoms with Gasteiger partial charge in [-0.2, -0.15) is 8.42 Å². The van der Waals surface area contributed by atoms with Crippen LogP contribution in [0.1, 0.15) is 32.1 Å². The zero-order valence-corrected chi connectivity index (χ0v) is 9.94. The van der Waals surface area contributed by atoms with Gasteiger partial charge in [0.1, 0.15) is 0 Å². The SMILES string of the molecule is NC1CC(S(=O)(=O)O)C2CCCCC2C1O. The summed E-state index contributed by atoms with van der Waals surface area (Å²) in [6.07, 6.45) is 3.09. The molecule has 0 aromatic carbocycles. The van der Waals surface area contributed by atoms with Gasteiger partial charge in [-0.25, -0.2) is 0 Å². The normalized spacial score (nSPS) is 45.1. The van der Waals surface area contributed by atoms with E-state index in [1.807, 2.05) is 0 Å². The number of aliphatic hydroxyl groups is 1. The average molecular weight is 249 g/mol. The molecule has 0 saturated heterocycles. The van der Waals surface area contributed by atoms with Crippen molar-refractivity contribution in [2.45, 2.75) is 49.5 Å². The largest absolute Gasteiger partial charge is 0.391 e. The van der Waals surface area contributed by atoms with Gasteiger partial charge in [0.15, 0.2) is 0 Å². The number of hydrogen-bond donors (Lipinski definition) is 3. The highest BCUT2D eigenvalue weighted by molar-refractivity contribution is 7.86. The molecule has 0 amide bonds. The maximum atomic E-state index is 11.3. The minimum Gasteiger partial charge on any atom is -0.391 e. The molecule has 0 bridgehead atoms. The lowest BCUT2D eigenvalue weighted by Gasteiger charge is -2.45. The molecule has 2 aliphatic carbocycles. The van der Waals surface area contributed by atoms with Gasteiger partial charge in [0.2, 0.25) is 0 Å². The summed E-state index contributed by atoms with van der Waals surface area (Å²) in [5.74, 6) is -0.192. The van der Waals surface area contributed by atoms with Crippen molar-refractivity contribution < 1.29 is 18.1 Å². The zero-order valence-electron chi connectivity index (χ0n) is 9.12. The fourth-order valence-electron chi connectivity index (χ4n) is 3.32. The summed E-state index contributed by atoms with van der Waals surface area (Å²) in [4.78, 5) is 0. The van der Waals surface area contributed by atoms with E-state index in [0.717, 1.165) is 25.7 Å². The van der Waals surface area contributed by atoms with Gasteiger partial charge in [-0.1, -0.05) is 12.8 Å². The monoisotopic (exact) mass is 249 g/mol. The molecule has 2 rings (SSSR count). The van der Waals surface area contributed by atoms with E-state index >= 15 is 0 Å². The molecule has 0 heterocycles. The van der Waals surface area contributed by atoms with Gasteiger partial charge < -0.3 is 10.8 Å². The number of aliphatic hydroxyl groups excluding tert-OH is 1. The van der Waals surface area contributed by atoms with Crippen LogP contribution in [-0.2, 0) is 10.1 Å². The summed E-state index contributed by atoms with van der Waals surface area (Å²) in [5, 5.41) is 9.17.